The molecule has 0 heterocycles. The van der Waals surface area contributed by atoms with Gasteiger partial charge in [0.05, 0.1) is 15.6 Å². The van der Waals surface area contributed by atoms with Crippen LogP contribution in [0.1, 0.15) is 0 Å². The Morgan fingerprint density at radius 1 is 0.778 bits per heavy atom. The molecular weight excluding hydrogens is 231 g/mol. The Labute approximate surface area is 83.6 Å². The smallest absolute Gasteiger partial charge is 0.0703 e. The first-order valence-electron chi connectivity index (χ1n) is 2.41. The molecule has 0 unspecified atom stereocenters. The molecule has 0 N–H and O–H groups in total. The van der Waals surface area contributed by atoms with Crippen molar-refractivity contribution in [3.63, 3.8) is 0 Å². The molecule has 0 saturated heterocycles. The average Bonchev–Trinajstić information content (AvgIpc) is 1.25. The van der Waals surface area contributed by atoms with Crippen molar-refractivity contribution in [3.8, 4) is 0 Å². The van der Waals surface area contributed by atoms with Crippen LogP contribution in [0.3, 0.4) is 0 Å². The van der Waals surface area contributed by atoms with Gasteiger partial charge in [0.25, 0.3) is 0 Å². The summed E-state index contributed by atoms with van der Waals surface area (Å²) in [6.45, 7) is 6.85. The van der Waals surface area contributed by atoms with Gasteiger partial charge < -0.3 is 9.13 Å². The third-order valence-electron chi connectivity index (χ3n) is 0. The van der Waals surface area contributed by atoms with Gasteiger partial charge >= 0.3 is 0 Å². The van der Waals surface area contributed by atoms with E-state index < -0.39 is 15.6 Å². The normalized spacial score (nSPS) is 7.78. The number of rotatable bonds is 0. The summed E-state index contributed by atoms with van der Waals surface area (Å²) in [7, 11) is -2.26. The van der Waals surface area contributed by atoms with Gasteiger partial charge in [0.2, 0.25) is 0 Å². The van der Waals surface area contributed by atoms with Gasteiger partial charge in [0.15, 0.2) is 0 Å². The Hall–Kier alpha value is 1.56. The third-order valence-corrected chi connectivity index (χ3v) is 0. The molecule has 0 aromatic carbocycles. The molecule has 0 fully saturated rings. The standard InChI is InChI=1S/2C2H7OP.Y/c2*1-4(2)3;/h2*4H,1-2H3;. The van der Waals surface area contributed by atoms with Crippen molar-refractivity contribution in [2.24, 2.45) is 0 Å². The van der Waals surface area contributed by atoms with E-state index in [9.17, 15) is 9.13 Å². The van der Waals surface area contributed by atoms with Gasteiger partial charge in [-0.1, -0.05) is 0 Å². The van der Waals surface area contributed by atoms with E-state index in [4.69, 9.17) is 0 Å². The zero-order valence-corrected chi connectivity index (χ0v) is 11.2. The van der Waals surface area contributed by atoms with Crippen molar-refractivity contribution in [2.75, 3.05) is 26.7 Å². The Bertz CT molecular complexity index is 74.6. The van der Waals surface area contributed by atoms with Crippen LogP contribution in [0.4, 0.5) is 0 Å². The summed E-state index contributed by atoms with van der Waals surface area (Å²) in [6.07, 6.45) is 0. The average molecular weight is 245 g/mol. The zero-order chi connectivity index (χ0) is 7.15. The van der Waals surface area contributed by atoms with Gasteiger partial charge in [-0.3, -0.25) is 0 Å². The second-order valence-corrected chi connectivity index (χ2v) is 5.45. The van der Waals surface area contributed by atoms with E-state index in [0.29, 0.717) is 0 Å². The van der Waals surface area contributed by atoms with Crippen LogP contribution in [0, 0.1) is 0 Å². The molecular formula is C4H14O2P2Y. The van der Waals surface area contributed by atoms with Crippen LogP contribution in [0.2, 0.25) is 0 Å². The monoisotopic (exact) mass is 245 g/mol. The van der Waals surface area contributed by atoms with Crippen molar-refractivity contribution < 1.29 is 41.8 Å². The molecule has 0 aliphatic rings. The topological polar surface area (TPSA) is 34.1 Å². The molecule has 0 spiro atoms. The minimum Gasteiger partial charge on any atom is -0.327 e. The van der Waals surface area contributed by atoms with Gasteiger partial charge in [-0.25, -0.2) is 0 Å². The molecule has 5 heteroatoms. The van der Waals surface area contributed by atoms with Crippen LogP contribution >= 0.6 is 15.6 Å². The molecule has 1 radical (unpaired) electrons. The Morgan fingerprint density at radius 2 is 0.778 bits per heavy atom. The number of hydrogen-bond donors (Lipinski definition) is 0. The molecule has 0 amide bonds. The van der Waals surface area contributed by atoms with Gasteiger partial charge in [0, 0.05) is 32.7 Å². The van der Waals surface area contributed by atoms with Crippen molar-refractivity contribution in [1.29, 1.82) is 0 Å². The van der Waals surface area contributed by atoms with E-state index in [0.717, 1.165) is 0 Å². The summed E-state index contributed by atoms with van der Waals surface area (Å²) >= 11 is 0. The fourth-order valence-electron chi connectivity index (χ4n) is 0. The second kappa shape index (κ2) is 12.3. The van der Waals surface area contributed by atoms with Gasteiger partial charge in [-0.15, -0.1) is 0 Å². The summed E-state index contributed by atoms with van der Waals surface area (Å²) in [5, 5.41) is 0. The largest absolute Gasteiger partial charge is 0.327 e. The van der Waals surface area contributed by atoms with Gasteiger partial charge in [-0.2, -0.15) is 0 Å². The molecule has 0 aliphatic heterocycles. The first kappa shape index (κ1) is 16.9. The maximum absolute atomic E-state index is 9.63. The Balaban J connectivity index is -0.0000000720. The SMILES string of the molecule is C[PH](C)=O.C[PH](C)=O.[Y]. The minimum atomic E-state index is -1.13. The fraction of sp³-hybridized carbons (Fsp3) is 1.00. The van der Waals surface area contributed by atoms with E-state index in [2.05, 4.69) is 0 Å². The first-order chi connectivity index (χ1) is 3.46. The molecule has 0 aromatic rings. The maximum Gasteiger partial charge on any atom is 0.0703 e. The van der Waals surface area contributed by atoms with Crippen LogP contribution in [0.5, 0.6) is 0 Å². The molecule has 9 heavy (non-hydrogen) atoms. The molecule has 0 aliphatic carbocycles. The molecule has 0 bridgehead atoms. The molecule has 0 saturated carbocycles. The first-order valence-corrected chi connectivity index (χ1v) is 7.22. The van der Waals surface area contributed by atoms with Crippen LogP contribution < -0.4 is 0 Å². The molecule has 0 atom stereocenters. The van der Waals surface area contributed by atoms with E-state index in [1.807, 2.05) is 0 Å². The van der Waals surface area contributed by atoms with Crippen molar-refractivity contribution in [2.45, 2.75) is 0 Å². The molecule has 55 valence electrons. The predicted molar refractivity (Wildman–Crippen MR) is 41.7 cm³/mol. The maximum atomic E-state index is 9.63. The summed E-state index contributed by atoms with van der Waals surface area (Å²) < 4.78 is 19.3. The van der Waals surface area contributed by atoms with Gasteiger partial charge in [-0.05, 0) is 26.7 Å². The van der Waals surface area contributed by atoms with Crippen LogP contribution in [-0.2, 0) is 41.8 Å². The minimum absolute atomic E-state index is 0. The predicted octanol–water partition coefficient (Wildman–Crippen LogP) is 1.61. The fourth-order valence-corrected chi connectivity index (χ4v) is 0. The summed E-state index contributed by atoms with van der Waals surface area (Å²) in [4.78, 5) is 0. The van der Waals surface area contributed by atoms with E-state index in [1.54, 1.807) is 26.7 Å². The van der Waals surface area contributed by atoms with Crippen molar-refractivity contribution in [3.05, 3.63) is 0 Å². The van der Waals surface area contributed by atoms with Crippen LogP contribution in [0.15, 0.2) is 0 Å². The van der Waals surface area contributed by atoms with Gasteiger partial charge in [0.1, 0.15) is 0 Å². The molecule has 2 nitrogen and oxygen atoms in total. The van der Waals surface area contributed by atoms with E-state index in [-0.39, 0.29) is 32.7 Å². The van der Waals surface area contributed by atoms with E-state index >= 15 is 0 Å². The third kappa shape index (κ3) is 224. The Kier molecular flexibility index (Phi) is 23.0. The zero-order valence-electron chi connectivity index (χ0n) is 6.39. The van der Waals surface area contributed by atoms with Crippen LogP contribution in [0.25, 0.3) is 0 Å². The van der Waals surface area contributed by atoms with E-state index in [1.165, 1.54) is 0 Å². The summed E-state index contributed by atoms with van der Waals surface area (Å²) in [6, 6.07) is 0. The number of hydrogen-bond acceptors (Lipinski definition) is 2. The molecule has 0 rings (SSSR count). The van der Waals surface area contributed by atoms with Crippen LogP contribution in [-0.4, -0.2) is 26.7 Å². The quantitative estimate of drug-likeness (QED) is 0.607. The second-order valence-electron chi connectivity index (χ2n) is 1.82. The Morgan fingerprint density at radius 3 is 0.778 bits per heavy atom. The molecule has 0 aromatic heterocycles. The van der Waals surface area contributed by atoms with Crippen molar-refractivity contribution >= 4 is 15.6 Å². The summed E-state index contributed by atoms with van der Waals surface area (Å²) in [5.41, 5.74) is 0. The summed E-state index contributed by atoms with van der Waals surface area (Å²) in [5.74, 6) is 0. The van der Waals surface area contributed by atoms with Crippen molar-refractivity contribution in [1.82, 2.24) is 0 Å².